The first-order valence-electron chi connectivity index (χ1n) is 6.06. The molecular formula is C13H16BrFN2O. The number of benzene rings is 1. The highest BCUT2D eigenvalue weighted by Crippen LogP contribution is 2.17. The van der Waals surface area contributed by atoms with Gasteiger partial charge >= 0.3 is 6.03 Å². The molecule has 1 aromatic carbocycles. The summed E-state index contributed by atoms with van der Waals surface area (Å²) in [5, 5.41) is 2.85. The second-order valence-corrected chi connectivity index (χ2v) is 5.74. The lowest BCUT2D eigenvalue weighted by Gasteiger charge is -2.29. The third-order valence-electron chi connectivity index (χ3n) is 3.07. The molecule has 2 rings (SSSR count). The van der Waals surface area contributed by atoms with E-state index in [-0.39, 0.29) is 11.8 Å². The molecule has 2 amide bonds. The summed E-state index contributed by atoms with van der Waals surface area (Å²) in [6.45, 7) is 2.00. The number of likely N-dealkylation sites (tertiary alicyclic amines) is 1. The summed E-state index contributed by atoms with van der Waals surface area (Å²) in [5.41, 5.74) is 0.903. The van der Waals surface area contributed by atoms with Gasteiger partial charge < -0.3 is 10.2 Å². The first-order valence-corrected chi connectivity index (χ1v) is 6.98. The fraction of sp³-hybridized carbons (Fsp3) is 0.462. The summed E-state index contributed by atoms with van der Waals surface area (Å²) >= 11 is 3.55. The maximum absolute atomic E-state index is 12.7. The van der Waals surface area contributed by atoms with Gasteiger partial charge in [-0.2, -0.15) is 0 Å². The fourth-order valence-corrected chi connectivity index (χ4v) is 2.35. The van der Waals surface area contributed by atoms with Gasteiger partial charge in [-0.15, -0.1) is 0 Å². The van der Waals surface area contributed by atoms with Gasteiger partial charge in [0.1, 0.15) is 5.82 Å². The number of urea groups is 1. The number of hydrogen-bond donors (Lipinski definition) is 1. The van der Waals surface area contributed by atoms with Gasteiger partial charge in [0.2, 0.25) is 0 Å². The summed E-state index contributed by atoms with van der Waals surface area (Å²) < 4.78 is 12.7. The average molecular weight is 315 g/mol. The molecule has 0 aliphatic carbocycles. The largest absolute Gasteiger partial charge is 0.334 e. The third kappa shape index (κ3) is 3.70. The number of alkyl halides is 1. The normalized spacial score (nSPS) is 16.7. The zero-order valence-corrected chi connectivity index (χ0v) is 11.6. The monoisotopic (exact) mass is 314 g/mol. The molecule has 3 nitrogen and oxygen atoms in total. The molecule has 0 unspecified atom stereocenters. The van der Waals surface area contributed by atoms with Crippen molar-refractivity contribution in [3.05, 3.63) is 35.6 Å². The van der Waals surface area contributed by atoms with Crippen molar-refractivity contribution in [1.29, 1.82) is 0 Å². The molecule has 1 saturated heterocycles. The van der Waals surface area contributed by atoms with E-state index in [2.05, 4.69) is 21.2 Å². The molecule has 5 heteroatoms. The van der Waals surface area contributed by atoms with E-state index in [4.69, 9.17) is 0 Å². The van der Waals surface area contributed by atoms with Crippen LogP contribution in [0, 0.1) is 5.82 Å². The van der Waals surface area contributed by atoms with Gasteiger partial charge in [-0.05, 0) is 30.5 Å². The second-order valence-electron chi connectivity index (χ2n) is 4.45. The predicted octanol–water partition coefficient (Wildman–Crippen LogP) is 2.89. The predicted molar refractivity (Wildman–Crippen MR) is 72.2 cm³/mol. The number of hydrogen-bond acceptors (Lipinski definition) is 1. The van der Waals surface area contributed by atoms with Crippen LogP contribution in [-0.4, -0.2) is 28.8 Å². The Kier molecular flexibility index (Phi) is 4.58. The Hall–Kier alpha value is -1.10. The van der Waals surface area contributed by atoms with Crippen molar-refractivity contribution in [3.8, 4) is 0 Å². The van der Waals surface area contributed by atoms with E-state index in [1.54, 1.807) is 12.1 Å². The van der Waals surface area contributed by atoms with Crippen molar-refractivity contribution in [3.63, 3.8) is 0 Å². The zero-order valence-electron chi connectivity index (χ0n) is 10.0. The fourth-order valence-electron chi connectivity index (χ4n) is 1.94. The van der Waals surface area contributed by atoms with Crippen LogP contribution in [0.15, 0.2) is 24.3 Å². The quantitative estimate of drug-likeness (QED) is 0.836. The summed E-state index contributed by atoms with van der Waals surface area (Å²) in [6, 6.07) is 6.12. The standard InChI is InChI=1S/C13H16BrFN2O/c14-11-5-7-17(8-6-11)13(18)16-9-10-1-3-12(15)4-2-10/h1-4,11H,5-9H2,(H,16,18). The Bertz CT molecular complexity index is 402. The van der Waals surface area contributed by atoms with Gasteiger partial charge in [-0.3, -0.25) is 0 Å². The molecule has 0 atom stereocenters. The molecule has 1 aliphatic rings. The number of carbonyl (C=O) groups is 1. The summed E-state index contributed by atoms with van der Waals surface area (Å²) in [7, 11) is 0. The van der Waals surface area contributed by atoms with Crippen molar-refractivity contribution in [2.45, 2.75) is 24.2 Å². The van der Waals surface area contributed by atoms with Crippen LogP contribution in [0.5, 0.6) is 0 Å². The highest BCUT2D eigenvalue weighted by atomic mass is 79.9. The molecule has 0 bridgehead atoms. The lowest BCUT2D eigenvalue weighted by Crippen LogP contribution is -2.44. The van der Waals surface area contributed by atoms with Gasteiger partial charge in [0.15, 0.2) is 0 Å². The van der Waals surface area contributed by atoms with Crippen molar-refractivity contribution >= 4 is 22.0 Å². The van der Waals surface area contributed by atoms with Gasteiger partial charge in [0, 0.05) is 24.5 Å². The van der Waals surface area contributed by atoms with Crippen LogP contribution in [0.1, 0.15) is 18.4 Å². The lowest BCUT2D eigenvalue weighted by molar-refractivity contribution is 0.187. The maximum atomic E-state index is 12.7. The van der Waals surface area contributed by atoms with Crippen LogP contribution in [0.2, 0.25) is 0 Å². The number of rotatable bonds is 2. The smallest absolute Gasteiger partial charge is 0.317 e. The minimum atomic E-state index is -0.260. The van der Waals surface area contributed by atoms with Crippen molar-refractivity contribution in [2.75, 3.05) is 13.1 Å². The van der Waals surface area contributed by atoms with Crippen LogP contribution in [0.4, 0.5) is 9.18 Å². The molecular weight excluding hydrogens is 299 g/mol. The van der Waals surface area contributed by atoms with Gasteiger partial charge in [-0.25, -0.2) is 9.18 Å². The molecule has 0 saturated carbocycles. The first kappa shape index (κ1) is 13.3. The van der Waals surface area contributed by atoms with Crippen LogP contribution in [-0.2, 0) is 6.54 Å². The topological polar surface area (TPSA) is 32.3 Å². The number of carbonyl (C=O) groups excluding carboxylic acids is 1. The van der Waals surface area contributed by atoms with Crippen molar-refractivity contribution in [1.82, 2.24) is 10.2 Å². The van der Waals surface area contributed by atoms with Crippen LogP contribution in [0.3, 0.4) is 0 Å². The van der Waals surface area contributed by atoms with Gasteiger partial charge in [0.25, 0.3) is 0 Å². The van der Waals surface area contributed by atoms with E-state index < -0.39 is 0 Å². The van der Waals surface area contributed by atoms with E-state index >= 15 is 0 Å². The van der Waals surface area contributed by atoms with Crippen LogP contribution >= 0.6 is 15.9 Å². The Balaban J connectivity index is 1.79. The minimum Gasteiger partial charge on any atom is -0.334 e. The molecule has 98 valence electrons. The maximum Gasteiger partial charge on any atom is 0.317 e. The Morgan fingerprint density at radius 1 is 1.33 bits per heavy atom. The van der Waals surface area contributed by atoms with E-state index in [1.165, 1.54) is 12.1 Å². The minimum absolute atomic E-state index is 0.0428. The highest BCUT2D eigenvalue weighted by Gasteiger charge is 2.20. The van der Waals surface area contributed by atoms with E-state index in [0.717, 1.165) is 31.5 Å². The van der Waals surface area contributed by atoms with E-state index in [1.807, 2.05) is 4.90 Å². The molecule has 0 radical (unpaired) electrons. The average Bonchev–Trinajstić information content (AvgIpc) is 2.38. The molecule has 1 fully saturated rings. The van der Waals surface area contributed by atoms with Gasteiger partial charge in [0.05, 0.1) is 0 Å². The second kappa shape index (κ2) is 6.18. The summed E-state index contributed by atoms with van der Waals surface area (Å²) in [6.07, 6.45) is 1.98. The highest BCUT2D eigenvalue weighted by molar-refractivity contribution is 9.09. The third-order valence-corrected chi connectivity index (χ3v) is 3.98. The summed E-state index contributed by atoms with van der Waals surface area (Å²) in [4.78, 5) is 14.2. The lowest BCUT2D eigenvalue weighted by atomic mass is 10.1. The van der Waals surface area contributed by atoms with Crippen molar-refractivity contribution in [2.24, 2.45) is 0 Å². The molecule has 0 aromatic heterocycles. The Labute approximate surface area is 114 Å². The molecule has 1 aliphatic heterocycles. The first-order chi connectivity index (χ1) is 8.65. The molecule has 1 heterocycles. The Morgan fingerprint density at radius 2 is 1.94 bits per heavy atom. The van der Waals surface area contributed by atoms with Crippen LogP contribution < -0.4 is 5.32 Å². The number of nitrogens with zero attached hydrogens (tertiary/aromatic N) is 1. The molecule has 18 heavy (non-hydrogen) atoms. The number of amides is 2. The SMILES string of the molecule is O=C(NCc1ccc(F)cc1)N1CCC(Br)CC1. The molecule has 0 spiro atoms. The molecule has 1 N–H and O–H groups in total. The van der Waals surface area contributed by atoms with Gasteiger partial charge in [-0.1, -0.05) is 28.1 Å². The van der Waals surface area contributed by atoms with Crippen LogP contribution in [0.25, 0.3) is 0 Å². The number of halogens is 2. The molecule has 1 aromatic rings. The van der Waals surface area contributed by atoms with E-state index in [9.17, 15) is 9.18 Å². The number of piperidine rings is 1. The Morgan fingerprint density at radius 3 is 2.56 bits per heavy atom. The van der Waals surface area contributed by atoms with Crippen molar-refractivity contribution < 1.29 is 9.18 Å². The number of nitrogens with one attached hydrogen (secondary N) is 1. The zero-order chi connectivity index (χ0) is 13.0. The van der Waals surface area contributed by atoms with E-state index in [0.29, 0.717) is 11.4 Å². The summed E-state index contributed by atoms with van der Waals surface area (Å²) in [5.74, 6) is -0.260.